The van der Waals surface area contributed by atoms with Crippen LogP contribution in [0.5, 0.6) is 0 Å². The van der Waals surface area contributed by atoms with E-state index in [0.717, 1.165) is 40.1 Å². The number of hydrogen-bond donors (Lipinski definition) is 1. The normalized spacial score (nSPS) is 19.0. The molecule has 0 saturated carbocycles. The number of halogens is 1. The van der Waals surface area contributed by atoms with Crippen LogP contribution in [0.4, 0.5) is 0 Å². The Balaban J connectivity index is 1.75. The van der Waals surface area contributed by atoms with Crippen molar-refractivity contribution in [1.29, 1.82) is 0 Å². The van der Waals surface area contributed by atoms with E-state index < -0.39 is 5.97 Å². The van der Waals surface area contributed by atoms with Gasteiger partial charge in [-0.1, -0.05) is 28.1 Å². The molecule has 2 heterocycles. The molecule has 1 aromatic carbocycles. The van der Waals surface area contributed by atoms with Crippen molar-refractivity contribution >= 4 is 33.2 Å². The van der Waals surface area contributed by atoms with E-state index in [4.69, 9.17) is 0 Å². The Hall–Kier alpha value is -1.24. The summed E-state index contributed by atoms with van der Waals surface area (Å²) in [5.41, 5.74) is 2.03. The molecule has 1 aliphatic rings. The molecule has 0 radical (unpaired) electrons. The average molecular weight is 367 g/mol. The van der Waals surface area contributed by atoms with E-state index in [9.17, 15) is 9.90 Å². The number of nitrogens with zero attached hydrogens (tertiary/aromatic N) is 2. The third-order valence-electron chi connectivity index (χ3n) is 3.64. The lowest BCUT2D eigenvalue weighted by atomic mass is 10.2. The first-order chi connectivity index (χ1) is 10.1. The number of thiazole rings is 1. The van der Waals surface area contributed by atoms with E-state index in [1.54, 1.807) is 11.3 Å². The molecular formula is C15H15BrN2O2S. The van der Waals surface area contributed by atoms with Crippen molar-refractivity contribution in [2.75, 3.05) is 6.54 Å². The SMILES string of the molecule is O=C(O)[C@H]1CCCN1Cc1csc(-c2cccc(Br)c2)n1. The number of carbonyl (C=O) groups is 1. The van der Waals surface area contributed by atoms with Gasteiger partial charge in [0.1, 0.15) is 11.0 Å². The van der Waals surface area contributed by atoms with Crippen LogP contribution in [0.15, 0.2) is 34.1 Å². The fourth-order valence-corrected chi connectivity index (χ4v) is 3.84. The van der Waals surface area contributed by atoms with Crippen LogP contribution in [0, 0.1) is 0 Å². The van der Waals surface area contributed by atoms with Crippen LogP contribution in [0.25, 0.3) is 10.6 Å². The van der Waals surface area contributed by atoms with E-state index in [1.807, 2.05) is 34.5 Å². The molecule has 1 fully saturated rings. The van der Waals surface area contributed by atoms with Gasteiger partial charge >= 0.3 is 5.97 Å². The maximum absolute atomic E-state index is 11.2. The van der Waals surface area contributed by atoms with Crippen LogP contribution in [-0.4, -0.2) is 33.5 Å². The number of aromatic nitrogens is 1. The Bertz CT molecular complexity index is 659. The molecule has 1 aromatic heterocycles. The van der Waals surface area contributed by atoms with Gasteiger partial charge in [0, 0.05) is 22.0 Å². The monoisotopic (exact) mass is 366 g/mol. The lowest BCUT2D eigenvalue weighted by Gasteiger charge is -2.19. The predicted octanol–water partition coefficient (Wildman–Crippen LogP) is 3.62. The van der Waals surface area contributed by atoms with Gasteiger partial charge < -0.3 is 5.11 Å². The minimum atomic E-state index is -0.727. The van der Waals surface area contributed by atoms with E-state index in [0.29, 0.717) is 6.54 Å². The lowest BCUT2D eigenvalue weighted by molar-refractivity contribution is -0.142. The molecule has 0 aliphatic carbocycles. The first-order valence-corrected chi connectivity index (χ1v) is 8.48. The van der Waals surface area contributed by atoms with Crippen LogP contribution in [-0.2, 0) is 11.3 Å². The molecule has 4 nitrogen and oxygen atoms in total. The van der Waals surface area contributed by atoms with Gasteiger partial charge in [-0.25, -0.2) is 4.98 Å². The van der Waals surface area contributed by atoms with Crippen molar-refractivity contribution < 1.29 is 9.90 Å². The largest absolute Gasteiger partial charge is 0.480 e. The predicted molar refractivity (Wildman–Crippen MR) is 86.3 cm³/mol. The van der Waals surface area contributed by atoms with E-state index in [1.165, 1.54) is 0 Å². The van der Waals surface area contributed by atoms with Crippen molar-refractivity contribution in [1.82, 2.24) is 9.88 Å². The molecule has 0 unspecified atom stereocenters. The molecule has 1 aliphatic heterocycles. The van der Waals surface area contributed by atoms with E-state index >= 15 is 0 Å². The zero-order chi connectivity index (χ0) is 14.8. The third-order valence-corrected chi connectivity index (χ3v) is 5.07. The van der Waals surface area contributed by atoms with Gasteiger partial charge in [-0.05, 0) is 31.5 Å². The molecule has 3 rings (SSSR count). The highest BCUT2D eigenvalue weighted by Crippen LogP contribution is 2.28. The summed E-state index contributed by atoms with van der Waals surface area (Å²) < 4.78 is 1.03. The fourth-order valence-electron chi connectivity index (χ4n) is 2.64. The van der Waals surface area contributed by atoms with Gasteiger partial charge in [0.15, 0.2) is 0 Å². The first kappa shape index (κ1) is 14.7. The Labute approximate surface area is 135 Å². The smallest absolute Gasteiger partial charge is 0.320 e. The number of likely N-dealkylation sites (tertiary alicyclic amines) is 1. The van der Waals surface area contributed by atoms with Crippen LogP contribution in [0.2, 0.25) is 0 Å². The second-order valence-electron chi connectivity index (χ2n) is 5.12. The molecule has 1 N–H and O–H groups in total. The molecule has 2 aromatic rings. The van der Waals surface area contributed by atoms with Crippen molar-refractivity contribution in [2.45, 2.75) is 25.4 Å². The summed E-state index contributed by atoms with van der Waals surface area (Å²) in [7, 11) is 0. The molecule has 0 spiro atoms. The molecule has 0 amide bonds. The maximum Gasteiger partial charge on any atom is 0.320 e. The van der Waals surface area contributed by atoms with Crippen molar-refractivity contribution in [2.24, 2.45) is 0 Å². The second kappa shape index (κ2) is 6.25. The topological polar surface area (TPSA) is 53.4 Å². The Kier molecular flexibility index (Phi) is 4.37. The van der Waals surface area contributed by atoms with Crippen molar-refractivity contribution in [3.63, 3.8) is 0 Å². The zero-order valence-electron chi connectivity index (χ0n) is 11.3. The fraction of sp³-hybridized carbons (Fsp3) is 0.333. The molecule has 6 heteroatoms. The molecule has 1 atom stereocenters. The summed E-state index contributed by atoms with van der Waals surface area (Å²) in [6.45, 7) is 1.45. The highest BCUT2D eigenvalue weighted by molar-refractivity contribution is 9.10. The number of carboxylic acid groups (broad SMARTS) is 1. The summed E-state index contributed by atoms with van der Waals surface area (Å²) in [6.07, 6.45) is 1.68. The Morgan fingerprint density at radius 1 is 1.52 bits per heavy atom. The lowest BCUT2D eigenvalue weighted by Crippen LogP contribution is -2.35. The summed E-state index contributed by atoms with van der Waals surface area (Å²) in [5.74, 6) is -0.727. The zero-order valence-corrected chi connectivity index (χ0v) is 13.7. The number of hydrogen-bond acceptors (Lipinski definition) is 4. The second-order valence-corrected chi connectivity index (χ2v) is 6.89. The van der Waals surface area contributed by atoms with Crippen LogP contribution in [0.3, 0.4) is 0 Å². The molecule has 110 valence electrons. The van der Waals surface area contributed by atoms with Crippen LogP contribution in [0.1, 0.15) is 18.5 Å². The van der Waals surface area contributed by atoms with Crippen molar-refractivity contribution in [3.8, 4) is 10.6 Å². The molecule has 0 bridgehead atoms. The summed E-state index contributed by atoms with van der Waals surface area (Å²) in [6, 6.07) is 7.68. The minimum absolute atomic E-state index is 0.360. The van der Waals surface area contributed by atoms with Gasteiger partial charge in [0.25, 0.3) is 0 Å². The van der Waals surface area contributed by atoms with E-state index in [-0.39, 0.29) is 6.04 Å². The standard InChI is InChI=1S/C15H15BrN2O2S/c16-11-4-1-3-10(7-11)14-17-12(9-21-14)8-18-6-2-5-13(18)15(19)20/h1,3-4,7,9,13H,2,5-6,8H2,(H,19,20)/t13-/m1/s1. The maximum atomic E-state index is 11.2. The third kappa shape index (κ3) is 3.33. The summed E-state index contributed by atoms with van der Waals surface area (Å²) in [5, 5.41) is 12.2. The highest BCUT2D eigenvalue weighted by Gasteiger charge is 2.30. The Morgan fingerprint density at radius 3 is 3.14 bits per heavy atom. The summed E-state index contributed by atoms with van der Waals surface area (Å²) >= 11 is 5.06. The molecule has 21 heavy (non-hydrogen) atoms. The van der Waals surface area contributed by atoms with E-state index in [2.05, 4.69) is 20.9 Å². The van der Waals surface area contributed by atoms with Gasteiger partial charge in [-0.2, -0.15) is 0 Å². The van der Waals surface area contributed by atoms with Gasteiger partial charge in [-0.3, -0.25) is 9.69 Å². The average Bonchev–Trinajstić information content (AvgIpc) is 3.08. The van der Waals surface area contributed by atoms with Crippen LogP contribution < -0.4 is 0 Å². The molecule has 1 saturated heterocycles. The van der Waals surface area contributed by atoms with Gasteiger partial charge in [0.05, 0.1) is 5.69 Å². The van der Waals surface area contributed by atoms with Crippen LogP contribution >= 0.6 is 27.3 Å². The number of rotatable bonds is 4. The quantitative estimate of drug-likeness (QED) is 0.897. The van der Waals surface area contributed by atoms with Gasteiger partial charge in [-0.15, -0.1) is 11.3 Å². The number of carboxylic acids is 1. The number of aliphatic carboxylic acids is 1. The number of benzene rings is 1. The molecular weight excluding hydrogens is 352 g/mol. The highest BCUT2D eigenvalue weighted by atomic mass is 79.9. The Morgan fingerprint density at radius 2 is 2.38 bits per heavy atom. The minimum Gasteiger partial charge on any atom is -0.480 e. The van der Waals surface area contributed by atoms with Gasteiger partial charge in [0.2, 0.25) is 0 Å². The van der Waals surface area contributed by atoms with Crippen molar-refractivity contribution in [3.05, 3.63) is 39.8 Å². The summed E-state index contributed by atoms with van der Waals surface area (Å²) in [4.78, 5) is 17.8. The first-order valence-electron chi connectivity index (χ1n) is 6.80.